The second-order valence-corrected chi connectivity index (χ2v) is 7.73. The smallest absolute Gasteiger partial charge is 0.191 e. The number of pyridine rings is 1. The van der Waals surface area contributed by atoms with Crippen molar-refractivity contribution >= 4 is 28.9 Å². The maximum atomic E-state index is 5.79. The molecule has 2 aromatic heterocycles. The average molecular weight is 366 g/mol. The lowest BCUT2D eigenvalue weighted by Gasteiger charge is -2.14. The van der Waals surface area contributed by atoms with Crippen LogP contribution < -0.4 is 10.6 Å². The van der Waals surface area contributed by atoms with Gasteiger partial charge in [-0.15, -0.1) is 11.3 Å². The van der Waals surface area contributed by atoms with Gasteiger partial charge in [0.1, 0.15) is 5.15 Å². The number of aliphatic imine (C=N–C) groups is 1. The highest BCUT2D eigenvalue weighted by atomic mass is 35.5. The number of guanidine groups is 1. The molecule has 5 nitrogen and oxygen atoms in total. The van der Waals surface area contributed by atoms with Gasteiger partial charge < -0.3 is 10.6 Å². The summed E-state index contributed by atoms with van der Waals surface area (Å²) in [6, 6.07) is 3.79. The van der Waals surface area contributed by atoms with Crippen LogP contribution in [0.2, 0.25) is 5.15 Å². The van der Waals surface area contributed by atoms with E-state index in [0.29, 0.717) is 11.7 Å². The van der Waals surface area contributed by atoms with E-state index < -0.39 is 0 Å². The van der Waals surface area contributed by atoms with Gasteiger partial charge in [0.2, 0.25) is 0 Å². The standard InChI is InChI=1S/C17H24ClN5S/c1-17(2,3)15-23-13(11-24-15)10-22-16(19-4)20-8-7-12-5-6-14(18)21-9-12/h5-6,9,11H,7-8,10H2,1-4H3,(H2,19,20,22). The Hall–Kier alpha value is -1.66. The molecule has 0 fully saturated rings. The third kappa shape index (κ3) is 5.76. The number of hydrogen-bond donors (Lipinski definition) is 2. The molecule has 24 heavy (non-hydrogen) atoms. The van der Waals surface area contributed by atoms with Crippen molar-refractivity contribution in [1.29, 1.82) is 0 Å². The van der Waals surface area contributed by atoms with E-state index in [-0.39, 0.29) is 5.41 Å². The van der Waals surface area contributed by atoms with Gasteiger partial charge in [-0.1, -0.05) is 38.4 Å². The first-order valence-corrected chi connectivity index (χ1v) is 9.14. The molecular weight excluding hydrogens is 342 g/mol. The van der Waals surface area contributed by atoms with E-state index in [1.54, 1.807) is 30.6 Å². The molecule has 7 heteroatoms. The number of halogens is 1. The third-order valence-corrected chi connectivity index (χ3v) is 4.89. The number of thiazole rings is 1. The van der Waals surface area contributed by atoms with Crippen LogP contribution in [-0.2, 0) is 18.4 Å². The topological polar surface area (TPSA) is 62.2 Å². The lowest BCUT2D eigenvalue weighted by atomic mass is 9.98. The van der Waals surface area contributed by atoms with Crippen LogP contribution in [0, 0.1) is 0 Å². The molecule has 0 saturated carbocycles. The lowest BCUT2D eigenvalue weighted by Crippen LogP contribution is -2.38. The van der Waals surface area contributed by atoms with Gasteiger partial charge in [0.25, 0.3) is 0 Å². The molecule has 2 rings (SSSR count). The van der Waals surface area contributed by atoms with E-state index in [1.807, 2.05) is 6.07 Å². The van der Waals surface area contributed by atoms with Gasteiger partial charge >= 0.3 is 0 Å². The molecule has 2 N–H and O–H groups in total. The normalized spacial score (nSPS) is 12.3. The molecule has 0 amide bonds. The molecule has 0 bridgehead atoms. The van der Waals surface area contributed by atoms with Crippen molar-refractivity contribution in [3.8, 4) is 0 Å². The monoisotopic (exact) mass is 365 g/mol. The van der Waals surface area contributed by atoms with Gasteiger partial charge in [0.15, 0.2) is 5.96 Å². The van der Waals surface area contributed by atoms with Crippen LogP contribution in [-0.4, -0.2) is 29.5 Å². The number of rotatable bonds is 5. The maximum Gasteiger partial charge on any atom is 0.191 e. The predicted octanol–water partition coefficient (Wildman–Crippen LogP) is 3.40. The third-order valence-electron chi connectivity index (χ3n) is 3.35. The Morgan fingerprint density at radius 1 is 1.29 bits per heavy atom. The van der Waals surface area contributed by atoms with Crippen LogP contribution in [0.15, 0.2) is 28.7 Å². The fourth-order valence-electron chi connectivity index (χ4n) is 2.01. The first kappa shape index (κ1) is 18.7. The highest BCUT2D eigenvalue weighted by molar-refractivity contribution is 7.09. The second-order valence-electron chi connectivity index (χ2n) is 6.49. The van der Waals surface area contributed by atoms with E-state index in [0.717, 1.165) is 35.2 Å². The van der Waals surface area contributed by atoms with Gasteiger partial charge in [0, 0.05) is 30.6 Å². The summed E-state index contributed by atoms with van der Waals surface area (Å²) < 4.78 is 0. The molecule has 2 heterocycles. The lowest BCUT2D eigenvalue weighted by molar-refractivity contribution is 0.582. The van der Waals surface area contributed by atoms with Crippen LogP contribution in [0.5, 0.6) is 0 Å². The summed E-state index contributed by atoms with van der Waals surface area (Å²) in [5.41, 5.74) is 2.27. The van der Waals surface area contributed by atoms with Crippen LogP contribution in [0.4, 0.5) is 0 Å². The van der Waals surface area contributed by atoms with Crippen LogP contribution >= 0.6 is 22.9 Å². The minimum atomic E-state index is 0.0927. The Labute approximate surface area is 152 Å². The summed E-state index contributed by atoms with van der Waals surface area (Å²) in [6.07, 6.45) is 2.65. The summed E-state index contributed by atoms with van der Waals surface area (Å²) in [4.78, 5) is 13.0. The zero-order valence-corrected chi connectivity index (χ0v) is 16.1. The van der Waals surface area contributed by atoms with Gasteiger partial charge in [-0.25, -0.2) is 9.97 Å². The van der Waals surface area contributed by atoms with Crippen molar-refractivity contribution in [1.82, 2.24) is 20.6 Å². The van der Waals surface area contributed by atoms with Crippen LogP contribution in [0.1, 0.15) is 37.0 Å². The maximum absolute atomic E-state index is 5.79. The van der Waals surface area contributed by atoms with Gasteiger partial charge in [0.05, 0.1) is 17.2 Å². The molecule has 0 aromatic carbocycles. The van der Waals surface area contributed by atoms with Gasteiger partial charge in [-0.3, -0.25) is 4.99 Å². The van der Waals surface area contributed by atoms with E-state index in [9.17, 15) is 0 Å². The van der Waals surface area contributed by atoms with Crippen molar-refractivity contribution in [2.24, 2.45) is 4.99 Å². The largest absolute Gasteiger partial charge is 0.356 e. The zero-order valence-electron chi connectivity index (χ0n) is 14.6. The van der Waals surface area contributed by atoms with Crippen molar-refractivity contribution in [3.63, 3.8) is 0 Å². The van der Waals surface area contributed by atoms with E-state index in [4.69, 9.17) is 11.6 Å². The minimum Gasteiger partial charge on any atom is -0.356 e. The molecule has 0 saturated heterocycles. The Kier molecular flexibility index (Phi) is 6.57. The minimum absolute atomic E-state index is 0.0927. The Morgan fingerprint density at radius 2 is 2.08 bits per heavy atom. The molecular formula is C17H24ClN5S. The number of nitrogens with zero attached hydrogens (tertiary/aromatic N) is 3. The first-order valence-electron chi connectivity index (χ1n) is 7.88. The summed E-state index contributed by atoms with van der Waals surface area (Å²) in [6.45, 7) is 7.96. The molecule has 130 valence electrons. The molecule has 0 unspecified atom stereocenters. The van der Waals surface area contributed by atoms with Crippen LogP contribution in [0.3, 0.4) is 0 Å². The van der Waals surface area contributed by atoms with E-state index in [1.165, 1.54) is 0 Å². The molecule has 0 atom stereocenters. The number of aromatic nitrogens is 2. The molecule has 0 aliphatic rings. The zero-order chi connectivity index (χ0) is 17.6. The Balaban J connectivity index is 1.78. The van der Waals surface area contributed by atoms with Crippen molar-refractivity contribution in [2.75, 3.05) is 13.6 Å². The molecule has 0 spiro atoms. The van der Waals surface area contributed by atoms with Crippen molar-refractivity contribution in [3.05, 3.63) is 45.1 Å². The van der Waals surface area contributed by atoms with E-state index >= 15 is 0 Å². The van der Waals surface area contributed by atoms with Crippen molar-refractivity contribution < 1.29 is 0 Å². The number of hydrogen-bond acceptors (Lipinski definition) is 4. The van der Waals surface area contributed by atoms with Gasteiger partial charge in [-0.05, 0) is 18.1 Å². The summed E-state index contributed by atoms with van der Waals surface area (Å²) in [7, 11) is 1.76. The Bertz CT molecular complexity index is 673. The number of nitrogens with one attached hydrogen (secondary N) is 2. The van der Waals surface area contributed by atoms with Gasteiger partial charge in [-0.2, -0.15) is 0 Å². The quantitative estimate of drug-likeness (QED) is 0.484. The summed E-state index contributed by atoms with van der Waals surface area (Å²) in [5, 5.41) is 10.3. The second kappa shape index (κ2) is 8.44. The molecule has 2 aromatic rings. The highest BCUT2D eigenvalue weighted by Crippen LogP contribution is 2.25. The summed E-state index contributed by atoms with van der Waals surface area (Å²) >= 11 is 7.49. The average Bonchev–Trinajstić information content (AvgIpc) is 3.01. The SMILES string of the molecule is CN=C(NCCc1ccc(Cl)nc1)NCc1csc(C(C)(C)C)n1. The molecule has 0 radical (unpaired) electrons. The molecule has 0 aliphatic carbocycles. The highest BCUT2D eigenvalue weighted by Gasteiger charge is 2.17. The van der Waals surface area contributed by atoms with Crippen molar-refractivity contribution in [2.45, 2.75) is 39.2 Å². The fourth-order valence-corrected chi connectivity index (χ4v) is 3.03. The summed E-state index contributed by atoms with van der Waals surface area (Å²) in [5.74, 6) is 0.766. The Morgan fingerprint density at radius 3 is 2.67 bits per heavy atom. The van der Waals surface area contributed by atoms with E-state index in [2.05, 4.69) is 51.7 Å². The fraction of sp³-hybridized carbons (Fsp3) is 0.471. The first-order chi connectivity index (χ1) is 11.4. The molecule has 0 aliphatic heterocycles. The van der Waals surface area contributed by atoms with Crippen LogP contribution in [0.25, 0.3) is 0 Å². The predicted molar refractivity (Wildman–Crippen MR) is 102 cm³/mol.